The normalized spacial score (nSPS) is 10.1. The third-order valence-corrected chi connectivity index (χ3v) is 2.48. The molecule has 0 saturated carbocycles. The molecular weight excluding hydrogens is 245 g/mol. The van der Waals surface area contributed by atoms with E-state index in [1.165, 1.54) is 6.07 Å². The zero-order valence-electron chi connectivity index (χ0n) is 7.09. The molecular formula is C11H5BrFN. The molecule has 0 radical (unpaired) electrons. The van der Waals surface area contributed by atoms with Gasteiger partial charge in [-0.2, -0.15) is 0 Å². The van der Waals surface area contributed by atoms with Crippen molar-refractivity contribution in [3.63, 3.8) is 0 Å². The van der Waals surface area contributed by atoms with Gasteiger partial charge in [0.05, 0.1) is 6.57 Å². The molecule has 3 heteroatoms. The largest absolute Gasteiger partial charge is 0.235 e. The lowest BCUT2D eigenvalue weighted by Crippen LogP contribution is -1.77. The fourth-order valence-electron chi connectivity index (χ4n) is 1.31. The molecule has 0 N–H and O–H groups in total. The first-order valence-electron chi connectivity index (χ1n) is 3.97. The van der Waals surface area contributed by atoms with Crippen molar-refractivity contribution in [2.24, 2.45) is 0 Å². The highest BCUT2D eigenvalue weighted by Gasteiger charge is 2.03. The van der Waals surface area contributed by atoms with E-state index in [0.29, 0.717) is 0 Å². The van der Waals surface area contributed by atoms with Gasteiger partial charge in [-0.1, -0.05) is 22.0 Å². The molecule has 1 nitrogen and oxygen atoms in total. The van der Waals surface area contributed by atoms with Crippen LogP contribution in [0.4, 0.5) is 10.1 Å². The predicted octanol–water partition coefficient (Wildman–Crippen LogP) is 4.29. The van der Waals surface area contributed by atoms with Gasteiger partial charge in [-0.05, 0) is 35.0 Å². The van der Waals surface area contributed by atoms with E-state index in [1.807, 2.05) is 18.2 Å². The Kier molecular flexibility index (Phi) is 2.22. The minimum atomic E-state index is -0.463. The van der Waals surface area contributed by atoms with Crippen LogP contribution in [0.3, 0.4) is 0 Å². The summed E-state index contributed by atoms with van der Waals surface area (Å²) in [4.78, 5) is 3.11. The molecule has 0 saturated heterocycles. The number of halogens is 2. The Morgan fingerprint density at radius 1 is 1.14 bits per heavy atom. The molecule has 14 heavy (non-hydrogen) atoms. The number of nitrogens with zero attached hydrogens (tertiary/aromatic N) is 1. The molecule has 0 aliphatic heterocycles. The quantitative estimate of drug-likeness (QED) is 0.614. The van der Waals surface area contributed by atoms with Crippen molar-refractivity contribution < 1.29 is 4.39 Å². The van der Waals surface area contributed by atoms with E-state index in [1.54, 1.807) is 6.07 Å². The molecule has 2 aromatic carbocycles. The van der Waals surface area contributed by atoms with Crippen molar-refractivity contribution in [2.45, 2.75) is 0 Å². The maximum atomic E-state index is 13.2. The third kappa shape index (κ3) is 1.49. The standard InChI is InChI=1S/C11H5BrFN/c1-14-11-6-8-4-9(12)3-2-7(8)5-10(11)13/h2-6H. The maximum absolute atomic E-state index is 13.2. The Balaban J connectivity index is 2.82. The number of hydrogen-bond donors (Lipinski definition) is 0. The van der Waals surface area contributed by atoms with Gasteiger partial charge in [-0.15, -0.1) is 0 Å². The Labute approximate surface area is 89.1 Å². The minimum Gasteiger partial charge on any atom is -0.235 e. The lowest BCUT2D eigenvalue weighted by Gasteiger charge is -2.00. The number of benzene rings is 2. The Morgan fingerprint density at radius 3 is 2.64 bits per heavy atom. The second-order valence-electron chi connectivity index (χ2n) is 2.91. The summed E-state index contributed by atoms with van der Waals surface area (Å²) in [5.74, 6) is -0.463. The first kappa shape index (κ1) is 9.17. The van der Waals surface area contributed by atoms with Crippen LogP contribution >= 0.6 is 15.9 Å². The van der Waals surface area contributed by atoms with E-state index >= 15 is 0 Å². The van der Waals surface area contributed by atoms with Crippen LogP contribution in [0.2, 0.25) is 0 Å². The van der Waals surface area contributed by atoms with Gasteiger partial charge in [0, 0.05) is 4.47 Å². The van der Waals surface area contributed by atoms with E-state index in [0.717, 1.165) is 15.2 Å². The lowest BCUT2D eigenvalue weighted by atomic mass is 10.1. The summed E-state index contributed by atoms with van der Waals surface area (Å²) in [6, 6.07) is 8.47. The van der Waals surface area contributed by atoms with Crippen LogP contribution in [-0.4, -0.2) is 0 Å². The van der Waals surface area contributed by atoms with E-state index in [4.69, 9.17) is 6.57 Å². The molecule has 0 unspecified atom stereocenters. The van der Waals surface area contributed by atoms with E-state index < -0.39 is 5.82 Å². The van der Waals surface area contributed by atoms with Crippen molar-refractivity contribution in [3.8, 4) is 0 Å². The van der Waals surface area contributed by atoms with E-state index in [9.17, 15) is 4.39 Å². The highest BCUT2D eigenvalue weighted by Crippen LogP contribution is 2.27. The van der Waals surface area contributed by atoms with Gasteiger partial charge in [-0.3, -0.25) is 0 Å². The second-order valence-corrected chi connectivity index (χ2v) is 3.82. The summed E-state index contributed by atoms with van der Waals surface area (Å²) in [6.45, 7) is 6.79. The molecule has 0 heterocycles. The van der Waals surface area contributed by atoms with Crippen LogP contribution in [0.15, 0.2) is 34.8 Å². The molecule has 0 aliphatic carbocycles. The summed E-state index contributed by atoms with van der Waals surface area (Å²) >= 11 is 3.33. The molecule has 2 rings (SSSR count). The van der Waals surface area contributed by atoms with Crippen LogP contribution in [0.25, 0.3) is 15.6 Å². The van der Waals surface area contributed by atoms with Gasteiger partial charge in [0.25, 0.3) is 0 Å². The molecule has 0 fully saturated rings. The highest BCUT2D eigenvalue weighted by molar-refractivity contribution is 9.10. The van der Waals surface area contributed by atoms with Gasteiger partial charge in [0.1, 0.15) is 5.82 Å². The average molecular weight is 250 g/mol. The average Bonchev–Trinajstić information content (AvgIpc) is 2.17. The predicted molar refractivity (Wildman–Crippen MR) is 57.9 cm³/mol. The summed E-state index contributed by atoms with van der Waals surface area (Å²) in [7, 11) is 0. The number of rotatable bonds is 0. The van der Waals surface area contributed by atoms with E-state index in [-0.39, 0.29) is 5.69 Å². The fourth-order valence-corrected chi connectivity index (χ4v) is 1.69. The molecule has 2 aromatic rings. The fraction of sp³-hybridized carbons (Fsp3) is 0. The smallest absolute Gasteiger partial charge is 0.222 e. The van der Waals surface area contributed by atoms with Crippen molar-refractivity contribution in [2.75, 3.05) is 0 Å². The van der Waals surface area contributed by atoms with Crippen LogP contribution in [0, 0.1) is 12.4 Å². The Hall–Kier alpha value is -1.40. The monoisotopic (exact) mass is 249 g/mol. The molecule has 68 valence electrons. The van der Waals surface area contributed by atoms with Gasteiger partial charge < -0.3 is 0 Å². The zero-order chi connectivity index (χ0) is 10.1. The number of fused-ring (bicyclic) bond motifs is 1. The SMILES string of the molecule is [C-]#[N+]c1cc2cc(Br)ccc2cc1F. The maximum Gasteiger partial charge on any atom is 0.222 e. The van der Waals surface area contributed by atoms with Crippen LogP contribution in [0.1, 0.15) is 0 Å². The Morgan fingerprint density at radius 2 is 1.93 bits per heavy atom. The summed E-state index contributed by atoms with van der Waals surface area (Å²) < 4.78 is 14.1. The molecule has 0 aromatic heterocycles. The zero-order valence-corrected chi connectivity index (χ0v) is 8.68. The summed E-state index contributed by atoms with van der Waals surface area (Å²) in [5, 5.41) is 1.67. The third-order valence-electron chi connectivity index (χ3n) is 1.99. The topological polar surface area (TPSA) is 4.36 Å². The first-order chi connectivity index (χ1) is 6.70. The van der Waals surface area contributed by atoms with Gasteiger partial charge >= 0.3 is 0 Å². The van der Waals surface area contributed by atoms with Crippen molar-refractivity contribution >= 4 is 32.4 Å². The molecule has 0 atom stereocenters. The first-order valence-corrected chi connectivity index (χ1v) is 4.76. The molecule has 0 bridgehead atoms. The van der Waals surface area contributed by atoms with Crippen LogP contribution in [-0.2, 0) is 0 Å². The van der Waals surface area contributed by atoms with E-state index in [2.05, 4.69) is 20.8 Å². The molecule has 0 spiro atoms. The molecule has 0 amide bonds. The van der Waals surface area contributed by atoms with Crippen molar-refractivity contribution in [1.29, 1.82) is 0 Å². The van der Waals surface area contributed by atoms with Crippen molar-refractivity contribution in [3.05, 3.63) is 52.0 Å². The Bertz CT molecular complexity index is 543. The minimum absolute atomic E-state index is 0.0654. The van der Waals surface area contributed by atoms with Crippen molar-refractivity contribution in [1.82, 2.24) is 0 Å². The molecule has 0 aliphatic rings. The summed E-state index contributed by atoms with van der Waals surface area (Å²) in [5.41, 5.74) is 0.0654. The van der Waals surface area contributed by atoms with Gasteiger partial charge in [0.15, 0.2) is 0 Å². The second kappa shape index (κ2) is 3.39. The van der Waals surface area contributed by atoms with Gasteiger partial charge in [0.2, 0.25) is 5.69 Å². The summed E-state index contributed by atoms with van der Waals surface area (Å²) in [6.07, 6.45) is 0. The van der Waals surface area contributed by atoms with Crippen LogP contribution < -0.4 is 0 Å². The highest BCUT2D eigenvalue weighted by atomic mass is 79.9. The lowest BCUT2D eigenvalue weighted by molar-refractivity contribution is 0.635. The van der Waals surface area contributed by atoms with Crippen LogP contribution in [0.5, 0.6) is 0 Å². The van der Waals surface area contributed by atoms with Gasteiger partial charge in [-0.25, -0.2) is 9.24 Å². The number of hydrogen-bond acceptors (Lipinski definition) is 0.